The molecule has 1 aromatic heterocycles. The van der Waals surface area contributed by atoms with E-state index in [-0.39, 0.29) is 5.69 Å². The normalized spacial score (nSPS) is 13.1. The van der Waals surface area contributed by atoms with Gasteiger partial charge in [-0.2, -0.15) is 3.97 Å². The minimum atomic E-state index is -1.81. The Kier molecular flexibility index (Phi) is 5.70. The summed E-state index contributed by atoms with van der Waals surface area (Å²) in [7, 11) is 0. The number of halogens is 6. The van der Waals surface area contributed by atoms with Crippen LogP contribution in [0, 0.1) is 6.92 Å². The van der Waals surface area contributed by atoms with Gasteiger partial charge in [0.2, 0.25) is 5.88 Å². The van der Waals surface area contributed by atoms with Crippen molar-refractivity contribution in [3.05, 3.63) is 16.2 Å². The van der Waals surface area contributed by atoms with Gasteiger partial charge in [0, 0.05) is 23.9 Å². The molecule has 0 unspecified atom stereocenters. The zero-order chi connectivity index (χ0) is 14.3. The van der Waals surface area contributed by atoms with Crippen LogP contribution in [0.2, 0.25) is 0 Å². The van der Waals surface area contributed by atoms with E-state index in [1.54, 1.807) is 0 Å². The van der Waals surface area contributed by atoms with Crippen molar-refractivity contribution in [2.75, 3.05) is 0 Å². The molecule has 1 aromatic rings. The van der Waals surface area contributed by atoms with Crippen molar-refractivity contribution in [2.24, 2.45) is 0 Å². The lowest BCUT2D eigenvalue weighted by Gasteiger charge is -2.10. The van der Waals surface area contributed by atoms with Crippen LogP contribution in [0.15, 0.2) is 4.79 Å². The number of aromatic nitrogens is 2. The zero-order valence-electron chi connectivity index (χ0n) is 8.33. The lowest BCUT2D eigenvalue weighted by molar-refractivity contribution is 0.446. The second-order valence-electron chi connectivity index (χ2n) is 2.85. The van der Waals surface area contributed by atoms with Gasteiger partial charge in [-0.05, 0) is 6.92 Å². The first kappa shape index (κ1) is 17.3. The first-order valence-corrected chi connectivity index (χ1v) is 7.79. The molecule has 18 heavy (non-hydrogen) atoms. The molecule has 0 saturated heterocycles. The molecular formula is C6H4Cl6N2O2S2. The Hall–Kier alpha value is 1.25. The Labute approximate surface area is 141 Å². The summed E-state index contributed by atoms with van der Waals surface area (Å²) < 4.78 is -1.79. The molecule has 1 heterocycles. The van der Waals surface area contributed by atoms with E-state index in [0.717, 1.165) is 7.94 Å². The molecule has 0 atom stereocenters. The van der Waals surface area contributed by atoms with Crippen LogP contribution in [0.25, 0.3) is 0 Å². The molecule has 4 nitrogen and oxygen atoms in total. The van der Waals surface area contributed by atoms with Gasteiger partial charge in [-0.3, -0.25) is 0 Å². The first-order chi connectivity index (χ1) is 7.92. The second kappa shape index (κ2) is 5.93. The van der Waals surface area contributed by atoms with Crippen LogP contribution >= 0.6 is 93.5 Å². The maximum absolute atomic E-state index is 11.9. The van der Waals surface area contributed by atoms with E-state index in [1.807, 2.05) is 0 Å². The summed E-state index contributed by atoms with van der Waals surface area (Å²) in [5, 5.41) is 9.76. The number of hydrogen-bond acceptors (Lipinski definition) is 4. The molecular weight excluding hydrogens is 409 g/mol. The molecule has 0 amide bonds. The lowest BCUT2D eigenvalue weighted by atomic mass is 10.5. The molecule has 0 spiro atoms. The summed E-state index contributed by atoms with van der Waals surface area (Å²) >= 11 is 34.4. The van der Waals surface area contributed by atoms with E-state index in [0.29, 0.717) is 23.9 Å². The molecule has 0 aliphatic rings. The van der Waals surface area contributed by atoms with Gasteiger partial charge in [0.15, 0.2) is 0 Å². The minimum Gasteiger partial charge on any atom is -0.492 e. The van der Waals surface area contributed by atoms with Crippen molar-refractivity contribution < 1.29 is 5.11 Å². The average Bonchev–Trinajstić information content (AvgIpc) is 2.31. The monoisotopic (exact) mass is 410 g/mol. The fraction of sp³-hybridized carbons (Fsp3) is 0.500. The van der Waals surface area contributed by atoms with Gasteiger partial charge in [-0.25, -0.2) is 8.77 Å². The van der Waals surface area contributed by atoms with E-state index < -0.39 is 17.8 Å². The lowest BCUT2D eigenvalue weighted by Crippen LogP contribution is -2.22. The van der Waals surface area contributed by atoms with Gasteiger partial charge in [0.25, 0.3) is 6.25 Å². The Morgan fingerprint density at radius 2 is 1.39 bits per heavy atom. The molecule has 0 saturated carbocycles. The van der Waals surface area contributed by atoms with E-state index >= 15 is 0 Å². The molecule has 1 N–H and O–H groups in total. The fourth-order valence-electron chi connectivity index (χ4n) is 0.951. The van der Waals surface area contributed by atoms with Crippen LogP contribution in [-0.2, 0) is 0 Å². The van der Waals surface area contributed by atoms with Crippen LogP contribution in [0.3, 0.4) is 0 Å². The van der Waals surface area contributed by atoms with Crippen LogP contribution in [-0.4, -0.2) is 19.3 Å². The van der Waals surface area contributed by atoms with Crippen LogP contribution < -0.4 is 5.69 Å². The number of nitrogens with zero attached hydrogens (tertiary/aromatic N) is 2. The van der Waals surface area contributed by atoms with Crippen molar-refractivity contribution in [1.29, 1.82) is 0 Å². The number of rotatable bonds is 2. The van der Waals surface area contributed by atoms with Crippen molar-refractivity contribution in [3.63, 3.8) is 0 Å². The van der Waals surface area contributed by atoms with Crippen molar-refractivity contribution in [1.82, 2.24) is 7.94 Å². The van der Waals surface area contributed by atoms with Crippen molar-refractivity contribution in [2.45, 2.75) is 13.2 Å². The highest BCUT2D eigenvalue weighted by Crippen LogP contribution is 2.43. The summed E-state index contributed by atoms with van der Waals surface area (Å²) in [6.07, 6.45) is 0. The Balaban J connectivity index is 3.25. The highest BCUT2D eigenvalue weighted by molar-refractivity contribution is 8.04. The van der Waals surface area contributed by atoms with Gasteiger partial charge in [-0.15, -0.1) is 0 Å². The summed E-state index contributed by atoms with van der Waals surface area (Å²) in [5.74, 6) is -0.391. The van der Waals surface area contributed by atoms with Crippen LogP contribution in [0.1, 0.15) is 5.69 Å². The highest BCUT2D eigenvalue weighted by atomic mass is 35.6. The Morgan fingerprint density at radius 1 is 1.00 bits per heavy atom. The van der Waals surface area contributed by atoms with Gasteiger partial charge in [-0.1, -0.05) is 69.6 Å². The standard InChI is InChI=1S/C6H4Cl6N2O2S2/c1-2-3(15)14(18-6(10,11)12)4(16)13(2)17-5(7,8)9/h15H,1H3. The molecule has 104 valence electrons. The highest BCUT2D eigenvalue weighted by Gasteiger charge is 2.31. The molecule has 12 heteroatoms. The summed E-state index contributed by atoms with van der Waals surface area (Å²) in [4.78, 5) is 11.9. The van der Waals surface area contributed by atoms with Crippen molar-refractivity contribution in [3.8, 4) is 5.88 Å². The summed E-state index contributed by atoms with van der Waals surface area (Å²) in [6, 6.07) is 0. The minimum absolute atomic E-state index is 0.165. The topological polar surface area (TPSA) is 47.2 Å². The number of aromatic hydroxyl groups is 1. The SMILES string of the molecule is Cc1c(O)n(SC(Cl)(Cl)Cl)c(=O)n1SC(Cl)(Cl)Cl. The molecule has 1 rings (SSSR count). The van der Waals surface area contributed by atoms with Gasteiger partial charge in [0.1, 0.15) is 0 Å². The predicted molar refractivity (Wildman–Crippen MR) is 81.7 cm³/mol. The quantitative estimate of drug-likeness (QED) is 0.735. The fourth-order valence-corrected chi connectivity index (χ4v) is 3.42. The van der Waals surface area contributed by atoms with Crippen LogP contribution in [0.5, 0.6) is 5.88 Å². The third-order valence-corrected chi connectivity index (χ3v) is 4.34. The second-order valence-corrected chi connectivity index (χ2v) is 11.1. The molecule has 0 aromatic carbocycles. The van der Waals surface area contributed by atoms with E-state index in [4.69, 9.17) is 69.6 Å². The molecule has 0 aliphatic heterocycles. The third-order valence-electron chi connectivity index (χ3n) is 1.56. The van der Waals surface area contributed by atoms with Gasteiger partial charge < -0.3 is 5.11 Å². The average molecular weight is 413 g/mol. The van der Waals surface area contributed by atoms with Gasteiger partial charge in [0.05, 0.1) is 5.69 Å². The number of hydrogen-bond donors (Lipinski definition) is 1. The Morgan fingerprint density at radius 3 is 1.78 bits per heavy atom. The maximum Gasteiger partial charge on any atom is 0.352 e. The molecule has 0 bridgehead atoms. The first-order valence-electron chi connectivity index (χ1n) is 3.98. The number of imidazole rings is 1. The van der Waals surface area contributed by atoms with Gasteiger partial charge >= 0.3 is 5.69 Å². The molecule has 0 fully saturated rings. The molecule has 0 radical (unpaired) electrons. The smallest absolute Gasteiger partial charge is 0.352 e. The van der Waals surface area contributed by atoms with E-state index in [2.05, 4.69) is 0 Å². The largest absolute Gasteiger partial charge is 0.492 e. The maximum atomic E-state index is 11.9. The third kappa shape index (κ3) is 4.66. The van der Waals surface area contributed by atoms with E-state index in [9.17, 15) is 9.90 Å². The zero-order valence-corrected chi connectivity index (χ0v) is 14.5. The predicted octanol–water partition coefficient (Wildman–Crippen LogP) is 4.31. The van der Waals surface area contributed by atoms with E-state index in [1.165, 1.54) is 6.92 Å². The summed E-state index contributed by atoms with van der Waals surface area (Å²) in [5.41, 5.74) is -0.532. The Bertz CT molecular complexity index is 459. The van der Waals surface area contributed by atoms with Crippen LogP contribution in [0.4, 0.5) is 0 Å². The molecule has 0 aliphatic carbocycles. The van der Waals surface area contributed by atoms with Crippen molar-refractivity contribution >= 4 is 93.5 Å². The summed E-state index contributed by atoms with van der Waals surface area (Å²) in [6.45, 7) is 1.45. The number of alkyl halides is 6.